The van der Waals surface area contributed by atoms with Crippen LogP contribution in [0.3, 0.4) is 0 Å². The summed E-state index contributed by atoms with van der Waals surface area (Å²) < 4.78 is 9.70. The van der Waals surface area contributed by atoms with Gasteiger partial charge < -0.3 is 9.47 Å². The van der Waals surface area contributed by atoms with Gasteiger partial charge in [-0.15, -0.1) is 0 Å². The Morgan fingerprint density at radius 3 is 1.62 bits per heavy atom. The van der Waals surface area contributed by atoms with Crippen molar-refractivity contribution < 1.29 is 19.1 Å². The van der Waals surface area contributed by atoms with Crippen LogP contribution >= 0.6 is 0 Å². The van der Waals surface area contributed by atoms with E-state index < -0.39 is 17.4 Å². The summed E-state index contributed by atoms with van der Waals surface area (Å²) in [7, 11) is 0. The maximum Gasteiger partial charge on any atom is 0.330 e. The molecule has 0 aromatic rings. The molecule has 0 saturated heterocycles. The number of rotatable bonds is 6. The zero-order valence-electron chi connectivity index (χ0n) is 9.12. The first-order valence-corrected chi connectivity index (χ1v) is 4.49. The SMILES string of the molecule is C=CC(=O)OCC(C)(C)COC(=O)C=C.[SiH4]. The summed E-state index contributed by atoms with van der Waals surface area (Å²) >= 11 is 0. The first kappa shape index (κ1) is 17.0. The van der Waals surface area contributed by atoms with E-state index in [1.165, 1.54) is 0 Å². The number of hydrogen-bond acceptors (Lipinski definition) is 4. The lowest BCUT2D eigenvalue weighted by molar-refractivity contribution is -0.146. The van der Waals surface area contributed by atoms with E-state index in [1.807, 2.05) is 13.8 Å². The summed E-state index contributed by atoms with van der Waals surface area (Å²) in [6.45, 7) is 10.5. The third kappa shape index (κ3) is 7.99. The highest BCUT2D eigenvalue weighted by Crippen LogP contribution is 2.16. The topological polar surface area (TPSA) is 52.6 Å². The summed E-state index contributed by atoms with van der Waals surface area (Å²) in [5.74, 6) is -0.976. The fourth-order valence-corrected chi connectivity index (χ4v) is 0.693. The molecule has 0 heterocycles. The van der Waals surface area contributed by atoms with E-state index >= 15 is 0 Å². The summed E-state index contributed by atoms with van der Waals surface area (Å²) in [5.41, 5.74) is -0.419. The van der Waals surface area contributed by atoms with Crippen molar-refractivity contribution in [1.29, 1.82) is 0 Å². The van der Waals surface area contributed by atoms with Gasteiger partial charge in [0, 0.05) is 17.6 Å². The summed E-state index contributed by atoms with van der Waals surface area (Å²) in [6, 6.07) is 0. The van der Waals surface area contributed by atoms with Crippen LogP contribution in [0, 0.1) is 5.41 Å². The van der Waals surface area contributed by atoms with Crippen molar-refractivity contribution in [3.63, 3.8) is 0 Å². The summed E-state index contributed by atoms with van der Waals surface area (Å²) in [4.78, 5) is 21.6. The monoisotopic (exact) mass is 244 g/mol. The first-order valence-electron chi connectivity index (χ1n) is 4.49. The van der Waals surface area contributed by atoms with Crippen LogP contribution in [0.2, 0.25) is 0 Å². The molecule has 0 aliphatic rings. The van der Waals surface area contributed by atoms with Gasteiger partial charge in [-0.05, 0) is 11.0 Å². The van der Waals surface area contributed by atoms with Gasteiger partial charge in [0.1, 0.15) is 0 Å². The molecule has 0 aliphatic heterocycles. The molecule has 0 unspecified atom stereocenters. The third-order valence-electron chi connectivity index (χ3n) is 1.54. The van der Waals surface area contributed by atoms with E-state index in [-0.39, 0.29) is 24.2 Å². The molecule has 0 aliphatic carbocycles. The van der Waals surface area contributed by atoms with Crippen molar-refractivity contribution in [3.05, 3.63) is 25.3 Å². The Kier molecular flexibility index (Phi) is 8.38. The van der Waals surface area contributed by atoms with Crippen LogP contribution in [0.5, 0.6) is 0 Å². The van der Waals surface area contributed by atoms with Crippen molar-refractivity contribution in [2.75, 3.05) is 13.2 Å². The quantitative estimate of drug-likeness (QED) is 0.375. The van der Waals surface area contributed by atoms with Gasteiger partial charge >= 0.3 is 11.9 Å². The van der Waals surface area contributed by atoms with E-state index in [4.69, 9.17) is 9.47 Å². The molecule has 0 amide bonds. The molecule has 0 saturated carbocycles. The van der Waals surface area contributed by atoms with Gasteiger partial charge in [0.2, 0.25) is 0 Å². The molecule has 0 radical (unpaired) electrons. The zero-order chi connectivity index (χ0) is 11.9. The molecule has 0 rings (SSSR count). The molecular weight excluding hydrogens is 224 g/mol. The van der Waals surface area contributed by atoms with Crippen LogP contribution in [0.15, 0.2) is 25.3 Å². The van der Waals surface area contributed by atoms with Gasteiger partial charge in [-0.3, -0.25) is 0 Å². The van der Waals surface area contributed by atoms with Gasteiger partial charge in [0.05, 0.1) is 13.2 Å². The third-order valence-corrected chi connectivity index (χ3v) is 1.54. The lowest BCUT2D eigenvalue weighted by atomic mass is 9.96. The number of hydrogen-bond donors (Lipinski definition) is 0. The highest BCUT2D eigenvalue weighted by Gasteiger charge is 2.21. The average molecular weight is 244 g/mol. The second kappa shape index (κ2) is 7.87. The highest BCUT2D eigenvalue weighted by atomic mass is 28.1. The standard InChI is InChI=1S/C11H16O4.H4Si/c1-5-9(12)14-7-11(3,4)8-15-10(13)6-2;/h5-6H,1-2,7-8H2,3-4H3;1H4. The minimum atomic E-state index is -0.488. The number of ether oxygens (including phenoxy) is 2. The van der Waals surface area contributed by atoms with Crippen LogP contribution in [0.25, 0.3) is 0 Å². The van der Waals surface area contributed by atoms with Gasteiger partial charge in [0.25, 0.3) is 0 Å². The van der Waals surface area contributed by atoms with E-state index in [0.29, 0.717) is 0 Å². The van der Waals surface area contributed by atoms with Crippen molar-refractivity contribution in [3.8, 4) is 0 Å². The smallest absolute Gasteiger partial charge is 0.330 e. The Morgan fingerprint density at radius 1 is 1.06 bits per heavy atom. The molecule has 16 heavy (non-hydrogen) atoms. The molecule has 5 heteroatoms. The molecule has 0 fully saturated rings. The maximum absolute atomic E-state index is 10.8. The van der Waals surface area contributed by atoms with Crippen LogP contribution in [-0.4, -0.2) is 36.1 Å². The first-order chi connectivity index (χ1) is 6.91. The normalized spacial score (nSPS) is 9.62. The molecular formula is C11H20O4Si. The minimum Gasteiger partial charge on any atom is -0.462 e. The molecule has 0 aromatic heterocycles. The Hall–Kier alpha value is -1.36. The van der Waals surface area contributed by atoms with E-state index in [9.17, 15) is 9.59 Å². The number of carbonyl (C=O) groups excluding carboxylic acids is 2. The summed E-state index contributed by atoms with van der Waals surface area (Å²) in [6.07, 6.45) is 2.18. The zero-order valence-corrected chi connectivity index (χ0v) is 9.12. The average Bonchev–Trinajstić information content (AvgIpc) is 2.22. The van der Waals surface area contributed by atoms with E-state index in [0.717, 1.165) is 12.2 Å². The Balaban J connectivity index is 0. The largest absolute Gasteiger partial charge is 0.462 e. The molecule has 0 atom stereocenters. The lowest BCUT2D eigenvalue weighted by Crippen LogP contribution is -2.27. The van der Waals surface area contributed by atoms with Gasteiger partial charge in [-0.25, -0.2) is 9.59 Å². The Labute approximate surface area is 100 Å². The molecule has 0 N–H and O–H groups in total. The van der Waals surface area contributed by atoms with Gasteiger partial charge in [-0.1, -0.05) is 27.0 Å². The van der Waals surface area contributed by atoms with Crippen molar-refractivity contribution >= 4 is 22.9 Å². The highest BCUT2D eigenvalue weighted by molar-refractivity contribution is 5.81. The lowest BCUT2D eigenvalue weighted by Gasteiger charge is -2.22. The van der Waals surface area contributed by atoms with Crippen molar-refractivity contribution in [2.24, 2.45) is 5.41 Å². The molecule has 0 aromatic carbocycles. The second-order valence-corrected chi connectivity index (χ2v) is 3.79. The van der Waals surface area contributed by atoms with Crippen LogP contribution in [-0.2, 0) is 19.1 Å². The summed E-state index contributed by atoms with van der Waals surface area (Å²) in [5, 5.41) is 0. The number of esters is 2. The maximum atomic E-state index is 10.8. The van der Waals surface area contributed by atoms with E-state index in [2.05, 4.69) is 13.2 Å². The number of carbonyl (C=O) groups is 2. The fourth-order valence-electron chi connectivity index (χ4n) is 0.693. The second-order valence-electron chi connectivity index (χ2n) is 3.79. The van der Waals surface area contributed by atoms with Gasteiger partial charge in [-0.2, -0.15) is 0 Å². The van der Waals surface area contributed by atoms with Crippen molar-refractivity contribution in [2.45, 2.75) is 13.8 Å². The predicted octanol–water partition coefficient (Wildman–Crippen LogP) is 0.0194. The van der Waals surface area contributed by atoms with Crippen LogP contribution in [0.1, 0.15) is 13.8 Å². The minimum absolute atomic E-state index is 0. The predicted molar refractivity (Wildman–Crippen MR) is 67.4 cm³/mol. The fraction of sp³-hybridized carbons (Fsp3) is 0.455. The molecule has 0 spiro atoms. The van der Waals surface area contributed by atoms with Crippen molar-refractivity contribution in [1.82, 2.24) is 0 Å². The Bertz CT molecular complexity index is 245. The van der Waals surface area contributed by atoms with Gasteiger partial charge in [0.15, 0.2) is 0 Å². The van der Waals surface area contributed by atoms with Crippen LogP contribution in [0.4, 0.5) is 0 Å². The molecule has 4 nitrogen and oxygen atoms in total. The molecule has 92 valence electrons. The Morgan fingerprint density at radius 2 is 1.38 bits per heavy atom. The van der Waals surface area contributed by atoms with E-state index in [1.54, 1.807) is 0 Å². The molecule has 0 bridgehead atoms. The van der Waals surface area contributed by atoms with Crippen LogP contribution < -0.4 is 0 Å².